The first kappa shape index (κ1) is 16.0. The maximum atomic E-state index is 5.96. The Hall–Kier alpha value is -1.39. The first-order chi connectivity index (χ1) is 10.1. The molecule has 2 N–H and O–H groups in total. The van der Waals surface area contributed by atoms with E-state index in [2.05, 4.69) is 36.3 Å². The normalized spacial score (nSPS) is 12.4. The predicted molar refractivity (Wildman–Crippen MR) is 89.0 cm³/mol. The zero-order chi connectivity index (χ0) is 15.2. The van der Waals surface area contributed by atoms with Crippen molar-refractivity contribution in [3.05, 3.63) is 45.4 Å². The highest BCUT2D eigenvalue weighted by molar-refractivity contribution is 7.09. The molecular weight excluding hydrogens is 280 g/mol. The molecule has 2 aromatic rings. The van der Waals surface area contributed by atoms with Crippen molar-refractivity contribution in [2.24, 2.45) is 5.73 Å². The van der Waals surface area contributed by atoms with Crippen LogP contribution in [0.4, 0.5) is 0 Å². The highest BCUT2D eigenvalue weighted by Crippen LogP contribution is 2.23. The van der Waals surface area contributed by atoms with E-state index in [4.69, 9.17) is 10.5 Å². The molecule has 0 amide bonds. The van der Waals surface area contributed by atoms with Gasteiger partial charge in [0.2, 0.25) is 0 Å². The van der Waals surface area contributed by atoms with Gasteiger partial charge in [0.25, 0.3) is 0 Å². The van der Waals surface area contributed by atoms with Crippen molar-refractivity contribution in [1.82, 2.24) is 4.98 Å². The van der Waals surface area contributed by atoms with Gasteiger partial charge in [0.05, 0.1) is 10.7 Å². The Morgan fingerprint density at radius 3 is 2.90 bits per heavy atom. The predicted octanol–water partition coefficient (Wildman–Crippen LogP) is 3.87. The maximum absolute atomic E-state index is 5.96. The van der Waals surface area contributed by atoms with Crippen molar-refractivity contribution in [3.8, 4) is 5.75 Å². The molecule has 0 aliphatic heterocycles. The number of nitrogens with two attached hydrogens (primary N) is 1. The highest BCUT2D eigenvalue weighted by Gasteiger charge is 2.08. The van der Waals surface area contributed by atoms with Gasteiger partial charge in [-0.2, -0.15) is 0 Å². The maximum Gasteiger partial charge on any atom is 0.131 e. The van der Waals surface area contributed by atoms with Gasteiger partial charge < -0.3 is 10.5 Å². The fourth-order valence-corrected chi connectivity index (χ4v) is 3.14. The van der Waals surface area contributed by atoms with Gasteiger partial charge in [0.15, 0.2) is 0 Å². The summed E-state index contributed by atoms with van der Waals surface area (Å²) in [6.45, 7) is 6.80. The van der Waals surface area contributed by atoms with Crippen LogP contribution in [0.25, 0.3) is 0 Å². The second-order valence-corrected chi connectivity index (χ2v) is 6.51. The minimum absolute atomic E-state index is 0.129. The van der Waals surface area contributed by atoms with E-state index in [0.717, 1.165) is 30.7 Å². The molecule has 4 heteroatoms. The van der Waals surface area contributed by atoms with E-state index in [1.165, 1.54) is 16.1 Å². The molecule has 0 fully saturated rings. The van der Waals surface area contributed by atoms with Crippen LogP contribution in [0.15, 0.2) is 23.6 Å². The summed E-state index contributed by atoms with van der Waals surface area (Å²) in [5.41, 5.74) is 9.34. The first-order valence-electron chi connectivity index (χ1n) is 7.49. The second-order valence-electron chi connectivity index (χ2n) is 5.56. The second kappa shape index (κ2) is 7.57. The van der Waals surface area contributed by atoms with Crippen LogP contribution in [0.3, 0.4) is 0 Å². The van der Waals surface area contributed by atoms with Crippen LogP contribution >= 0.6 is 11.3 Å². The van der Waals surface area contributed by atoms with Crippen LogP contribution in [0.2, 0.25) is 0 Å². The van der Waals surface area contributed by atoms with E-state index in [0.29, 0.717) is 6.61 Å². The van der Waals surface area contributed by atoms with Crippen LogP contribution < -0.4 is 10.5 Å². The Morgan fingerprint density at radius 2 is 2.19 bits per heavy atom. The first-order valence-corrected chi connectivity index (χ1v) is 8.37. The van der Waals surface area contributed by atoms with Crippen LogP contribution in [0.1, 0.15) is 42.1 Å². The third-order valence-corrected chi connectivity index (χ3v) is 4.15. The Balaban J connectivity index is 2.04. The van der Waals surface area contributed by atoms with E-state index in [9.17, 15) is 0 Å². The molecule has 3 nitrogen and oxygen atoms in total. The van der Waals surface area contributed by atoms with E-state index in [-0.39, 0.29) is 6.04 Å². The van der Waals surface area contributed by atoms with Crippen molar-refractivity contribution in [2.45, 2.75) is 52.7 Å². The topological polar surface area (TPSA) is 48.1 Å². The lowest BCUT2D eigenvalue weighted by atomic mass is 10.0. The monoisotopic (exact) mass is 304 g/mol. The summed E-state index contributed by atoms with van der Waals surface area (Å²) in [7, 11) is 0. The van der Waals surface area contributed by atoms with E-state index < -0.39 is 0 Å². The average molecular weight is 304 g/mol. The van der Waals surface area contributed by atoms with Gasteiger partial charge >= 0.3 is 0 Å². The van der Waals surface area contributed by atoms with Gasteiger partial charge in [-0.1, -0.05) is 24.6 Å². The number of hydrogen-bond acceptors (Lipinski definition) is 4. The lowest BCUT2D eigenvalue weighted by molar-refractivity contribution is 0.298. The van der Waals surface area contributed by atoms with Crippen molar-refractivity contribution < 1.29 is 4.74 Å². The third-order valence-electron chi connectivity index (χ3n) is 3.20. The Labute approximate surface area is 131 Å². The van der Waals surface area contributed by atoms with E-state index >= 15 is 0 Å². The number of benzene rings is 1. The van der Waals surface area contributed by atoms with Gasteiger partial charge in [0.1, 0.15) is 12.4 Å². The van der Waals surface area contributed by atoms with Crippen LogP contribution in [0, 0.1) is 6.92 Å². The summed E-state index contributed by atoms with van der Waals surface area (Å²) in [5, 5.41) is 3.28. The minimum Gasteiger partial charge on any atom is -0.487 e. The highest BCUT2D eigenvalue weighted by atomic mass is 32.1. The molecule has 1 heterocycles. The fourth-order valence-electron chi connectivity index (χ4n) is 2.25. The molecule has 1 atom stereocenters. The molecule has 21 heavy (non-hydrogen) atoms. The summed E-state index contributed by atoms with van der Waals surface area (Å²) in [6.07, 6.45) is 3.00. The van der Waals surface area contributed by atoms with Crippen molar-refractivity contribution in [3.63, 3.8) is 0 Å². The summed E-state index contributed by atoms with van der Waals surface area (Å²) in [6, 6.07) is 6.39. The molecule has 0 spiro atoms. The number of rotatable bonds is 7. The minimum atomic E-state index is 0.129. The van der Waals surface area contributed by atoms with E-state index in [1.807, 2.05) is 13.0 Å². The van der Waals surface area contributed by atoms with Gasteiger partial charge in [-0.25, -0.2) is 4.98 Å². The molecule has 1 unspecified atom stereocenters. The number of thiazole rings is 1. The number of ether oxygens (including phenoxy) is 1. The van der Waals surface area contributed by atoms with Gasteiger partial charge in [-0.05, 0) is 44.7 Å². The largest absolute Gasteiger partial charge is 0.487 e. The molecule has 0 radical (unpaired) electrons. The average Bonchev–Trinajstić information content (AvgIpc) is 2.85. The molecule has 0 aliphatic carbocycles. The zero-order valence-electron chi connectivity index (χ0n) is 13.1. The number of hydrogen-bond donors (Lipinski definition) is 1. The van der Waals surface area contributed by atoms with Gasteiger partial charge in [0, 0.05) is 11.4 Å². The van der Waals surface area contributed by atoms with Crippen LogP contribution in [0.5, 0.6) is 5.75 Å². The SMILES string of the molecule is CCCc1nc(COc2ccc(C)cc2CC(C)N)cs1. The zero-order valence-corrected chi connectivity index (χ0v) is 13.9. The summed E-state index contributed by atoms with van der Waals surface area (Å²) in [4.78, 5) is 4.59. The Morgan fingerprint density at radius 1 is 1.38 bits per heavy atom. The van der Waals surface area contributed by atoms with Gasteiger partial charge in [-0.3, -0.25) is 0 Å². The standard InChI is InChI=1S/C17H24N2OS/c1-4-5-17-19-15(11-21-17)10-20-16-7-6-12(2)8-14(16)9-13(3)18/h6-8,11,13H,4-5,9-10,18H2,1-3H3. The summed E-state index contributed by atoms with van der Waals surface area (Å²) >= 11 is 1.72. The smallest absolute Gasteiger partial charge is 0.131 e. The van der Waals surface area contributed by atoms with Crippen molar-refractivity contribution in [2.75, 3.05) is 0 Å². The van der Waals surface area contributed by atoms with Crippen LogP contribution in [-0.2, 0) is 19.4 Å². The molecule has 2 rings (SSSR count). The molecular formula is C17H24N2OS. The van der Waals surface area contributed by atoms with Crippen molar-refractivity contribution >= 4 is 11.3 Å². The van der Waals surface area contributed by atoms with Crippen LogP contribution in [-0.4, -0.2) is 11.0 Å². The lowest BCUT2D eigenvalue weighted by Crippen LogP contribution is -2.18. The fraction of sp³-hybridized carbons (Fsp3) is 0.471. The molecule has 1 aromatic carbocycles. The quantitative estimate of drug-likeness (QED) is 0.844. The molecule has 1 aromatic heterocycles. The Bertz CT molecular complexity index is 578. The van der Waals surface area contributed by atoms with Crippen molar-refractivity contribution in [1.29, 1.82) is 0 Å². The summed E-state index contributed by atoms with van der Waals surface area (Å²) in [5.74, 6) is 0.919. The Kier molecular flexibility index (Phi) is 5.76. The van der Waals surface area contributed by atoms with Gasteiger partial charge in [-0.15, -0.1) is 11.3 Å². The molecule has 0 saturated heterocycles. The number of aromatic nitrogens is 1. The van der Waals surface area contributed by atoms with E-state index in [1.54, 1.807) is 11.3 Å². The summed E-state index contributed by atoms with van der Waals surface area (Å²) < 4.78 is 5.96. The molecule has 114 valence electrons. The number of nitrogens with zero attached hydrogens (tertiary/aromatic N) is 1. The third kappa shape index (κ3) is 4.83. The molecule has 0 aliphatic rings. The lowest BCUT2D eigenvalue weighted by Gasteiger charge is -2.13. The molecule has 0 bridgehead atoms. The molecule has 0 saturated carbocycles. The number of aryl methyl sites for hydroxylation is 2.